The van der Waals surface area contributed by atoms with Crippen LogP contribution in [0.15, 0.2) is 89.0 Å². The van der Waals surface area contributed by atoms with Crippen molar-refractivity contribution >= 4 is 28.9 Å². The Balaban J connectivity index is 1.33. The Bertz CT molecular complexity index is 1320. The summed E-state index contributed by atoms with van der Waals surface area (Å²) in [4.78, 5) is 19.1. The first kappa shape index (κ1) is 22.6. The molecule has 0 radical (unpaired) electrons. The van der Waals surface area contributed by atoms with E-state index in [0.29, 0.717) is 5.82 Å². The molecule has 3 aromatic rings. The second kappa shape index (κ2) is 9.66. The van der Waals surface area contributed by atoms with Gasteiger partial charge in [0.15, 0.2) is 0 Å². The zero-order valence-corrected chi connectivity index (χ0v) is 20.2. The van der Waals surface area contributed by atoms with Crippen molar-refractivity contribution in [2.24, 2.45) is 15.8 Å². The van der Waals surface area contributed by atoms with Gasteiger partial charge in [0.1, 0.15) is 23.5 Å². The summed E-state index contributed by atoms with van der Waals surface area (Å²) in [5.41, 5.74) is 11.5. The van der Waals surface area contributed by atoms with Gasteiger partial charge in [-0.1, -0.05) is 48.5 Å². The molecule has 0 spiro atoms. The maximum atomic E-state index is 6.30. The van der Waals surface area contributed by atoms with Crippen molar-refractivity contribution in [3.05, 3.63) is 95.7 Å². The second-order valence-corrected chi connectivity index (χ2v) is 9.38. The van der Waals surface area contributed by atoms with Gasteiger partial charge in [0, 0.05) is 44.6 Å². The lowest BCUT2D eigenvalue weighted by atomic mass is 10.0. The van der Waals surface area contributed by atoms with Crippen molar-refractivity contribution in [1.82, 2.24) is 14.9 Å². The molecule has 6 rings (SSSR count). The average Bonchev–Trinajstić information content (AvgIpc) is 3.30. The molecule has 2 aromatic carbocycles. The van der Waals surface area contributed by atoms with Gasteiger partial charge < -0.3 is 5.73 Å². The summed E-state index contributed by atoms with van der Waals surface area (Å²) in [6.45, 7) is 4.67. The summed E-state index contributed by atoms with van der Waals surface area (Å²) in [7, 11) is 0. The smallest absolute Gasteiger partial charge is 0.145 e. The highest BCUT2D eigenvalue weighted by molar-refractivity contribution is 6.31. The van der Waals surface area contributed by atoms with Gasteiger partial charge in [0.05, 0.1) is 11.3 Å². The Labute approximate surface area is 211 Å². The number of hydrogen-bond donors (Lipinski definition) is 2. The van der Waals surface area contributed by atoms with Crippen LogP contribution in [0, 0.1) is 0 Å². The van der Waals surface area contributed by atoms with Crippen molar-refractivity contribution < 1.29 is 0 Å². The van der Waals surface area contributed by atoms with Crippen molar-refractivity contribution in [2.75, 3.05) is 36.8 Å². The fraction of sp³-hybridized carbons (Fsp3) is 0.250. The molecule has 36 heavy (non-hydrogen) atoms. The number of hydrazine groups is 1. The SMILES string of the molecule is Nc1ncccc1C1=NC2CC=C(c3ccccc3)N=C2N1c1ccc(CN2CCN(N)CC2)cc1. The summed E-state index contributed by atoms with van der Waals surface area (Å²) < 4.78 is 0. The fourth-order valence-electron chi connectivity index (χ4n) is 4.97. The normalized spacial score (nSPS) is 20.5. The van der Waals surface area contributed by atoms with Gasteiger partial charge in [-0.15, -0.1) is 0 Å². The molecule has 1 saturated heterocycles. The first-order valence-electron chi connectivity index (χ1n) is 12.4. The number of rotatable bonds is 5. The third kappa shape index (κ3) is 4.42. The standard InChI is InChI=1S/C28H30N8/c29-26-23(7-4-14-31-26)27-33-25-13-12-24(21-5-2-1-3-6-21)32-28(25)36(27)22-10-8-20(9-11-22)19-34-15-17-35(30)18-16-34/h1-12,14,25H,13,15-19,30H2,(H2,29,31). The molecule has 0 aliphatic carbocycles. The second-order valence-electron chi connectivity index (χ2n) is 9.38. The number of amidine groups is 2. The van der Waals surface area contributed by atoms with Crippen LogP contribution in [0.2, 0.25) is 0 Å². The van der Waals surface area contributed by atoms with Crippen LogP contribution >= 0.6 is 0 Å². The minimum Gasteiger partial charge on any atom is -0.383 e. The highest BCUT2D eigenvalue weighted by Crippen LogP contribution is 2.33. The number of nitrogens with two attached hydrogens (primary N) is 2. The summed E-state index contributed by atoms with van der Waals surface area (Å²) >= 11 is 0. The van der Waals surface area contributed by atoms with Crippen LogP contribution in [0.1, 0.15) is 23.1 Å². The van der Waals surface area contributed by atoms with E-state index in [2.05, 4.69) is 57.3 Å². The molecule has 4 heterocycles. The number of fused-ring (bicyclic) bond motifs is 1. The summed E-state index contributed by atoms with van der Waals surface area (Å²) in [6, 6.07) is 22.8. The summed E-state index contributed by atoms with van der Waals surface area (Å²) in [6.07, 6.45) is 4.66. The van der Waals surface area contributed by atoms with E-state index in [9.17, 15) is 0 Å². The summed E-state index contributed by atoms with van der Waals surface area (Å²) in [5.74, 6) is 8.09. The molecule has 1 fully saturated rings. The third-order valence-corrected chi connectivity index (χ3v) is 6.94. The molecule has 4 N–H and O–H groups in total. The van der Waals surface area contributed by atoms with Gasteiger partial charge in [0.25, 0.3) is 0 Å². The van der Waals surface area contributed by atoms with E-state index < -0.39 is 0 Å². The van der Waals surface area contributed by atoms with Crippen LogP contribution in [0.3, 0.4) is 0 Å². The molecular formula is C28H30N8. The zero-order valence-electron chi connectivity index (χ0n) is 20.2. The number of anilines is 2. The number of nitrogens with zero attached hydrogens (tertiary/aromatic N) is 6. The lowest BCUT2D eigenvalue weighted by molar-refractivity contribution is 0.128. The van der Waals surface area contributed by atoms with Gasteiger partial charge in [-0.05, 0) is 41.8 Å². The Hall–Kier alpha value is -3.85. The van der Waals surface area contributed by atoms with Gasteiger partial charge >= 0.3 is 0 Å². The Morgan fingerprint density at radius 1 is 0.889 bits per heavy atom. The van der Waals surface area contributed by atoms with E-state index in [0.717, 1.165) is 73.3 Å². The number of aliphatic imine (C=N–C) groups is 2. The van der Waals surface area contributed by atoms with Crippen LogP contribution in [0.5, 0.6) is 0 Å². The van der Waals surface area contributed by atoms with Crippen LogP contribution in [-0.2, 0) is 6.54 Å². The van der Waals surface area contributed by atoms with Gasteiger partial charge in [-0.2, -0.15) is 0 Å². The predicted octanol–water partition coefficient (Wildman–Crippen LogP) is 3.13. The van der Waals surface area contributed by atoms with Crippen LogP contribution in [0.4, 0.5) is 11.5 Å². The van der Waals surface area contributed by atoms with Crippen LogP contribution in [0.25, 0.3) is 5.70 Å². The van der Waals surface area contributed by atoms with Gasteiger partial charge in [-0.25, -0.2) is 15.0 Å². The topological polar surface area (TPSA) is 99.4 Å². The Morgan fingerprint density at radius 2 is 1.67 bits per heavy atom. The van der Waals surface area contributed by atoms with Crippen LogP contribution in [-0.4, -0.2) is 58.8 Å². The monoisotopic (exact) mass is 478 g/mol. The van der Waals surface area contributed by atoms with E-state index >= 15 is 0 Å². The maximum Gasteiger partial charge on any atom is 0.145 e. The third-order valence-electron chi connectivity index (χ3n) is 6.94. The average molecular weight is 479 g/mol. The van der Waals surface area contributed by atoms with Crippen molar-refractivity contribution in [2.45, 2.75) is 19.0 Å². The molecule has 0 bridgehead atoms. The molecule has 3 aliphatic rings. The first-order valence-corrected chi connectivity index (χ1v) is 12.4. The van der Waals surface area contributed by atoms with Crippen LogP contribution < -0.4 is 16.5 Å². The molecule has 182 valence electrons. The fourth-order valence-corrected chi connectivity index (χ4v) is 4.97. The molecule has 0 saturated carbocycles. The first-order chi connectivity index (χ1) is 17.7. The van der Waals surface area contributed by atoms with E-state index in [1.165, 1.54) is 5.56 Å². The number of piperazine rings is 1. The quantitative estimate of drug-likeness (QED) is 0.547. The molecule has 1 unspecified atom stereocenters. The predicted molar refractivity (Wildman–Crippen MR) is 145 cm³/mol. The molecule has 1 aromatic heterocycles. The van der Waals surface area contributed by atoms with Crippen molar-refractivity contribution in [1.29, 1.82) is 0 Å². The minimum absolute atomic E-state index is 0.0562. The highest BCUT2D eigenvalue weighted by atomic mass is 15.4. The lowest BCUT2D eigenvalue weighted by Crippen LogP contribution is -2.48. The number of pyridine rings is 1. The van der Waals surface area contributed by atoms with E-state index in [1.54, 1.807) is 6.20 Å². The largest absolute Gasteiger partial charge is 0.383 e. The Morgan fingerprint density at radius 3 is 2.42 bits per heavy atom. The highest BCUT2D eigenvalue weighted by Gasteiger charge is 2.36. The van der Waals surface area contributed by atoms with E-state index in [-0.39, 0.29) is 6.04 Å². The molecule has 1 atom stereocenters. The number of hydrogen-bond acceptors (Lipinski definition) is 8. The van der Waals surface area contributed by atoms with E-state index in [1.807, 2.05) is 35.3 Å². The number of nitrogen functional groups attached to an aromatic ring is 1. The van der Waals surface area contributed by atoms with E-state index in [4.69, 9.17) is 21.6 Å². The molecule has 8 nitrogen and oxygen atoms in total. The van der Waals surface area contributed by atoms with Crippen molar-refractivity contribution in [3.8, 4) is 0 Å². The Kier molecular flexibility index (Phi) is 6.06. The number of aromatic nitrogens is 1. The molecular weight excluding hydrogens is 448 g/mol. The molecule has 0 amide bonds. The van der Waals surface area contributed by atoms with Gasteiger partial charge in [-0.3, -0.25) is 20.6 Å². The zero-order chi connectivity index (χ0) is 24.5. The maximum absolute atomic E-state index is 6.30. The summed E-state index contributed by atoms with van der Waals surface area (Å²) in [5, 5.41) is 1.89. The number of benzene rings is 2. The molecule has 8 heteroatoms. The van der Waals surface area contributed by atoms with Gasteiger partial charge in [0.2, 0.25) is 0 Å². The minimum atomic E-state index is -0.0562. The molecule has 3 aliphatic heterocycles. The van der Waals surface area contributed by atoms with Crippen molar-refractivity contribution in [3.63, 3.8) is 0 Å². The lowest BCUT2D eigenvalue weighted by Gasteiger charge is -2.32.